The van der Waals surface area contributed by atoms with E-state index in [4.69, 9.17) is 22.1 Å². The summed E-state index contributed by atoms with van der Waals surface area (Å²) in [6.07, 6.45) is -3.92. The van der Waals surface area contributed by atoms with Crippen molar-refractivity contribution in [3.05, 3.63) is 40.0 Å². The number of esters is 1. The van der Waals surface area contributed by atoms with E-state index in [1.165, 1.54) is 18.2 Å². The average Bonchev–Trinajstić information content (AvgIpc) is 3.21. The molecule has 15 heteroatoms. The van der Waals surface area contributed by atoms with E-state index >= 15 is 0 Å². The van der Waals surface area contributed by atoms with Crippen molar-refractivity contribution in [2.24, 2.45) is 10.7 Å². The van der Waals surface area contributed by atoms with Crippen LogP contribution in [0.1, 0.15) is 5.01 Å². The third kappa shape index (κ3) is 7.75. The SMILES string of the molecule is CN(C)CCOC(=O)CN=C(C(Cl)=C(N)C(F)(F)F)c1nnc(-c2cccc(S(C)(=O)=O)c2)s1. The largest absolute Gasteiger partial charge is 0.463 e. The summed E-state index contributed by atoms with van der Waals surface area (Å²) < 4.78 is 68.0. The molecule has 0 atom stereocenters. The summed E-state index contributed by atoms with van der Waals surface area (Å²) in [6, 6.07) is 5.78. The number of benzene rings is 1. The maximum Gasteiger partial charge on any atom is 0.432 e. The molecule has 0 spiro atoms. The van der Waals surface area contributed by atoms with Gasteiger partial charge in [-0.2, -0.15) is 13.2 Å². The zero-order valence-corrected chi connectivity index (χ0v) is 20.6. The van der Waals surface area contributed by atoms with E-state index in [0.717, 1.165) is 17.6 Å². The van der Waals surface area contributed by atoms with Gasteiger partial charge in [-0.3, -0.25) is 9.79 Å². The fourth-order valence-corrected chi connectivity index (χ4v) is 4.14. The molecule has 2 rings (SSSR count). The Morgan fingerprint density at radius 3 is 2.56 bits per heavy atom. The number of alkyl halides is 3. The maximum atomic E-state index is 13.1. The van der Waals surface area contributed by atoms with Crippen LogP contribution in [0.25, 0.3) is 10.6 Å². The molecular weight excluding hydrogens is 519 g/mol. The van der Waals surface area contributed by atoms with E-state index in [2.05, 4.69) is 15.2 Å². The van der Waals surface area contributed by atoms with Gasteiger partial charge >= 0.3 is 12.1 Å². The highest BCUT2D eigenvalue weighted by Crippen LogP contribution is 2.31. The highest BCUT2D eigenvalue weighted by molar-refractivity contribution is 7.90. The maximum absolute atomic E-state index is 13.1. The van der Waals surface area contributed by atoms with E-state index in [9.17, 15) is 26.4 Å². The van der Waals surface area contributed by atoms with Crippen molar-refractivity contribution < 1.29 is 31.1 Å². The van der Waals surface area contributed by atoms with Gasteiger partial charge in [0.05, 0.1) is 9.93 Å². The van der Waals surface area contributed by atoms with Crippen LogP contribution in [0.4, 0.5) is 13.2 Å². The first-order valence-electron chi connectivity index (χ1n) is 9.42. The van der Waals surface area contributed by atoms with E-state index in [-0.39, 0.29) is 21.5 Å². The molecule has 0 amide bonds. The predicted octanol–water partition coefficient (Wildman–Crippen LogP) is 2.47. The summed E-state index contributed by atoms with van der Waals surface area (Å²) in [5, 5.41) is 6.80. The molecule has 0 aliphatic rings. The molecule has 34 heavy (non-hydrogen) atoms. The topological polar surface area (TPSA) is 128 Å². The zero-order chi connectivity index (χ0) is 25.7. The van der Waals surface area contributed by atoms with Crippen LogP contribution < -0.4 is 5.73 Å². The molecule has 9 nitrogen and oxygen atoms in total. The van der Waals surface area contributed by atoms with E-state index in [0.29, 0.717) is 12.1 Å². The van der Waals surface area contributed by atoms with Crippen molar-refractivity contribution in [1.82, 2.24) is 15.1 Å². The Labute approximate surface area is 203 Å². The van der Waals surface area contributed by atoms with Crippen molar-refractivity contribution in [2.75, 3.05) is 40.0 Å². The Hall–Kier alpha value is -2.55. The van der Waals surface area contributed by atoms with Crippen molar-refractivity contribution in [2.45, 2.75) is 11.1 Å². The van der Waals surface area contributed by atoms with Crippen molar-refractivity contribution in [3.8, 4) is 10.6 Å². The third-order valence-electron chi connectivity index (χ3n) is 4.05. The van der Waals surface area contributed by atoms with Gasteiger partial charge in [0.15, 0.2) is 14.8 Å². The second-order valence-corrected chi connectivity index (χ2v) is 10.5. The molecule has 1 heterocycles. The molecule has 0 saturated carbocycles. The van der Waals surface area contributed by atoms with Crippen LogP contribution in [0.5, 0.6) is 0 Å². The second-order valence-electron chi connectivity index (χ2n) is 7.13. The summed E-state index contributed by atoms with van der Waals surface area (Å²) in [7, 11) is 0.0351. The number of aromatic nitrogens is 2. The van der Waals surface area contributed by atoms with E-state index < -0.39 is 45.0 Å². The molecule has 0 saturated heterocycles. The molecular formula is C19H21ClF3N5O4S2. The van der Waals surface area contributed by atoms with Gasteiger partial charge in [0, 0.05) is 18.4 Å². The molecule has 0 bridgehead atoms. The van der Waals surface area contributed by atoms with Gasteiger partial charge in [-0.25, -0.2) is 8.42 Å². The smallest absolute Gasteiger partial charge is 0.432 e. The number of likely N-dealkylation sites (N-methyl/N-ethyl adjacent to an activating group) is 1. The Kier molecular flexibility index (Phi) is 9.16. The summed E-state index contributed by atoms with van der Waals surface area (Å²) >= 11 is 6.69. The molecule has 2 N–H and O–H groups in total. The molecule has 0 radical (unpaired) electrons. The lowest BCUT2D eigenvalue weighted by atomic mass is 10.2. The molecule has 0 aliphatic heterocycles. The number of halogens is 4. The molecule has 186 valence electrons. The van der Waals surface area contributed by atoms with Crippen LogP contribution in [0.3, 0.4) is 0 Å². The minimum Gasteiger partial charge on any atom is -0.463 e. The lowest BCUT2D eigenvalue weighted by Gasteiger charge is -2.11. The Morgan fingerprint density at radius 1 is 1.29 bits per heavy atom. The number of allylic oxidation sites excluding steroid dienone is 2. The van der Waals surface area contributed by atoms with Crippen LogP contribution in [0, 0.1) is 0 Å². The number of hydrogen-bond acceptors (Lipinski definition) is 10. The van der Waals surface area contributed by atoms with Crippen molar-refractivity contribution in [1.29, 1.82) is 0 Å². The molecule has 0 aliphatic carbocycles. The normalized spacial score (nSPS) is 13.7. The molecule has 0 fully saturated rings. The molecule has 0 unspecified atom stereocenters. The Balaban J connectivity index is 2.43. The molecule has 2 aromatic rings. The number of ether oxygens (including phenoxy) is 1. The summed E-state index contributed by atoms with van der Waals surface area (Å²) in [6.45, 7) is -0.135. The first kappa shape index (κ1) is 27.7. The minimum absolute atomic E-state index is 0.0235. The number of aliphatic imine (C=N–C) groups is 1. The highest BCUT2D eigenvalue weighted by atomic mass is 35.5. The van der Waals surface area contributed by atoms with Crippen LogP contribution >= 0.6 is 22.9 Å². The van der Waals surface area contributed by atoms with Gasteiger partial charge in [-0.1, -0.05) is 35.1 Å². The summed E-state index contributed by atoms with van der Waals surface area (Å²) in [5.74, 6) is -0.792. The number of carbonyl (C=O) groups is 1. The quantitative estimate of drug-likeness (QED) is 0.380. The van der Waals surface area contributed by atoms with Crippen LogP contribution in [0.2, 0.25) is 0 Å². The van der Waals surface area contributed by atoms with Gasteiger partial charge in [-0.05, 0) is 26.2 Å². The van der Waals surface area contributed by atoms with Gasteiger partial charge in [0.1, 0.15) is 29.6 Å². The van der Waals surface area contributed by atoms with Gasteiger partial charge in [0.2, 0.25) is 0 Å². The molecule has 1 aromatic heterocycles. The van der Waals surface area contributed by atoms with Crippen LogP contribution in [-0.2, 0) is 19.4 Å². The first-order valence-corrected chi connectivity index (χ1v) is 12.5. The number of nitrogens with two attached hydrogens (primary N) is 1. The average molecular weight is 540 g/mol. The highest BCUT2D eigenvalue weighted by Gasteiger charge is 2.36. The fraction of sp³-hybridized carbons (Fsp3) is 0.368. The standard InChI is InChI=1S/C19H21ClF3N5O4S2/c1-28(2)7-8-32-13(29)10-25-15(14(20)16(24)19(21,22)23)18-27-26-17(33-18)11-5-4-6-12(9-11)34(3,30)31/h4-6,9H,7-8,10,24H2,1-3H3. The van der Waals surface area contributed by atoms with Crippen LogP contribution in [-0.4, -0.2) is 81.4 Å². The fourth-order valence-electron chi connectivity index (χ4n) is 2.31. The van der Waals surface area contributed by atoms with Gasteiger partial charge in [0.25, 0.3) is 0 Å². The van der Waals surface area contributed by atoms with Crippen molar-refractivity contribution >= 4 is 44.5 Å². The Morgan fingerprint density at radius 2 is 1.97 bits per heavy atom. The molecule has 1 aromatic carbocycles. The van der Waals surface area contributed by atoms with Gasteiger partial charge in [-0.15, -0.1) is 10.2 Å². The van der Waals surface area contributed by atoms with E-state index in [1.54, 1.807) is 25.1 Å². The number of sulfone groups is 1. The summed E-state index contributed by atoms with van der Waals surface area (Å²) in [5.41, 5.74) is 3.39. The monoisotopic (exact) mass is 539 g/mol. The third-order valence-corrected chi connectivity index (χ3v) is 6.53. The van der Waals surface area contributed by atoms with Gasteiger partial charge < -0.3 is 15.4 Å². The van der Waals surface area contributed by atoms with Crippen molar-refractivity contribution in [3.63, 3.8) is 0 Å². The van der Waals surface area contributed by atoms with E-state index in [1.807, 2.05) is 0 Å². The van der Waals surface area contributed by atoms with Crippen LogP contribution in [0.15, 0.2) is 44.9 Å². The number of rotatable bonds is 9. The number of nitrogens with zero attached hydrogens (tertiary/aromatic N) is 4. The second kappa shape index (κ2) is 11.3. The Bertz CT molecular complexity index is 1210. The predicted molar refractivity (Wildman–Crippen MR) is 122 cm³/mol. The zero-order valence-electron chi connectivity index (χ0n) is 18.3. The number of carbonyl (C=O) groups excluding carboxylic acids is 1. The lowest BCUT2D eigenvalue weighted by molar-refractivity contribution is -0.142. The number of hydrogen-bond donors (Lipinski definition) is 1. The summed E-state index contributed by atoms with van der Waals surface area (Å²) in [4.78, 5) is 17.6. The lowest BCUT2D eigenvalue weighted by Crippen LogP contribution is -2.24. The minimum atomic E-state index is -4.96. The first-order chi connectivity index (χ1) is 15.7.